The molecule has 0 saturated heterocycles. The Labute approximate surface area is 116 Å². The Kier molecular flexibility index (Phi) is 2.86. The van der Waals surface area contributed by atoms with Gasteiger partial charge in [-0.1, -0.05) is 18.5 Å². The highest BCUT2D eigenvalue weighted by atomic mass is 35.5. The number of carbonyl (C=O) groups is 1. The number of aliphatic carboxylic acids is 1. The van der Waals surface area contributed by atoms with Crippen LogP contribution >= 0.6 is 11.6 Å². The third-order valence-electron chi connectivity index (χ3n) is 3.97. The molecule has 19 heavy (non-hydrogen) atoms. The maximum atomic E-state index is 11.1. The molecule has 1 aromatic rings. The normalized spacial score (nSPS) is 18.4. The van der Waals surface area contributed by atoms with E-state index < -0.39 is 5.97 Å². The van der Waals surface area contributed by atoms with Crippen molar-refractivity contribution in [3.8, 4) is 11.5 Å². The van der Waals surface area contributed by atoms with Gasteiger partial charge < -0.3 is 14.6 Å². The Bertz CT molecular complexity index is 549. The maximum absolute atomic E-state index is 11.1. The lowest BCUT2D eigenvalue weighted by Crippen LogP contribution is -2.15. The Morgan fingerprint density at radius 1 is 1.42 bits per heavy atom. The molecule has 0 radical (unpaired) electrons. The van der Waals surface area contributed by atoms with Gasteiger partial charge in [-0.2, -0.15) is 0 Å². The van der Waals surface area contributed by atoms with Crippen molar-refractivity contribution in [1.82, 2.24) is 0 Å². The topological polar surface area (TPSA) is 55.8 Å². The highest BCUT2D eigenvalue weighted by molar-refractivity contribution is 6.32. The van der Waals surface area contributed by atoms with E-state index in [1.54, 1.807) is 0 Å². The standard InChI is InChI=1S/C14H15ClO4/c1-2-8-9(14(3-4-14)6-11(16)17)5-10(15)13-12(8)18-7-19-13/h5H,2-4,6-7H2,1H3,(H,16,17). The van der Waals surface area contributed by atoms with Gasteiger partial charge in [0.15, 0.2) is 11.5 Å². The summed E-state index contributed by atoms with van der Waals surface area (Å²) in [6.07, 6.45) is 2.71. The first-order valence-electron chi connectivity index (χ1n) is 6.40. The summed E-state index contributed by atoms with van der Waals surface area (Å²) in [5.74, 6) is 0.517. The molecule has 1 aromatic carbocycles. The zero-order valence-corrected chi connectivity index (χ0v) is 11.4. The molecule has 102 valence electrons. The molecule has 5 heteroatoms. The molecule has 1 saturated carbocycles. The average Bonchev–Trinajstić information content (AvgIpc) is 2.95. The van der Waals surface area contributed by atoms with Gasteiger partial charge in [-0.05, 0) is 30.9 Å². The molecular weight excluding hydrogens is 268 g/mol. The van der Waals surface area contributed by atoms with Crippen LogP contribution in [0.25, 0.3) is 0 Å². The van der Waals surface area contributed by atoms with Crippen molar-refractivity contribution in [1.29, 1.82) is 0 Å². The van der Waals surface area contributed by atoms with E-state index >= 15 is 0 Å². The fourth-order valence-corrected chi connectivity index (χ4v) is 3.14. The molecule has 1 heterocycles. The molecule has 0 aromatic heterocycles. The van der Waals surface area contributed by atoms with Crippen LogP contribution in [0.4, 0.5) is 0 Å². The summed E-state index contributed by atoms with van der Waals surface area (Å²) in [6, 6.07) is 1.86. The number of carboxylic acids is 1. The average molecular weight is 283 g/mol. The first kappa shape index (κ1) is 12.6. The van der Waals surface area contributed by atoms with E-state index in [2.05, 4.69) is 0 Å². The van der Waals surface area contributed by atoms with E-state index in [1.165, 1.54) is 0 Å². The fourth-order valence-electron chi connectivity index (χ4n) is 2.89. The highest BCUT2D eigenvalue weighted by Crippen LogP contribution is 2.56. The molecule has 0 atom stereocenters. The minimum absolute atomic E-state index is 0.149. The smallest absolute Gasteiger partial charge is 0.304 e. The lowest BCUT2D eigenvalue weighted by Gasteiger charge is -2.19. The highest BCUT2D eigenvalue weighted by Gasteiger charge is 2.48. The summed E-state index contributed by atoms with van der Waals surface area (Å²) in [5.41, 5.74) is 1.80. The van der Waals surface area contributed by atoms with Crippen LogP contribution in [0.2, 0.25) is 5.02 Å². The van der Waals surface area contributed by atoms with E-state index in [0.29, 0.717) is 16.5 Å². The van der Waals surface area contributed by atoms with Crippen molar-refractivity contribution >= 4 is 17.6 Å². The number of benzene rings is 1. The summed E-state index contributed by atoms with van der Waals surface area (Å²) in [6.45, 7) is 2.21. The van der Waals surface area contributed by atoms with Crippen molar-refractivity contribution in [2.45, 2.75) is 38.0 Å². The molecular formula is C14H15ClO4. The van der Waals surface area contributed by atoms with Gasteiger partial charge >= 0.3 is 5.97 Å². The van der Waals surface area contributed by atoms with Gasteiger partial charge in [0.1, 0.15) is 0 Å². The maximum Gasteiger partial charge on any atom is 0.304 e. The Morgan fingerprint density at radius 3 is 2.68 bits per heavy atom. The van der Waals surface area contributed by atoms with Crippen LogP contribution in [0.5, 0.6) is 11.5 Å². The van der Waals surface area contributed by atoms with Gasteiger partial charge in [-0.25, -0.2) is 0 Å². The van der Waals surface area contributed by atoms with Gasteiger partial charge in [0.2, 0.25) is 6.79 Å². The Hall–Kier alpha value is -1.42. The second kappa shape index (κ2) is 4.30. The van der Waals surface area contributed by atoms with Crippen molar-refractivity contribution in [3.05, 3.63) is 22.2 Å². The Morgan fingerprint density at radius 2 is 2.11 bits per heavy atom. The minimum atomic E-state index is -0.770. The van der Waals surface area contributed by atoms with Gasteiger partial charge in [0.25, 0.3) is 0 Å². The lowest BCUT2D eigenvalue weighted by atomic mass is 9.87. The zero-order chi connectivity index (χ0) is 13.6. The van der Waals surface area contributed by atoms with E-state index in [9.17, 15) is 4.79 Å². The van der Waals surface area contributed by atoms with Crippen molar-refractivity contribution in [2.24, 2.45) is 0 Å². The fraction of sp³-hybridized carbons (Fsp3) is 0.500. The molecule has 4 nitrogen and oxygen atoms in total. The molecule has 1 aliphatic heterocycles. The summed E-state index contributed by atoms with van der Waals surface area (Å²) in [7, 11) is 0. The van der Waals surface area contributed by atoms with E-state index in [-0.39, 0.29) is 18.6 Å². The Balaban J connectivity index is 2.12. The zero-order valence-electron chi connectivity index (χ0n) is 10.7. The van der Waals surface area contributed by atoms with Crippen LogP contribution in [0, 0.1) is 0 Å². The minimum Gasteiger partial charge on any atom is -0.481 e. The SMILES string of the molecule is CCc1c(C2(CC(=O)O)CC2)cc(Cl)c2c1OCO2. The quantitative estimate of drug-likeness (QED) is 0.922. The molecule has 1 fully saturated rings. The molecule has 1 aliphatic carbocycles. The number of rotatable bonds is 4. The number of hydrogen-bond donors (Lipinski definition) is 1. The van der Waals surface area contributed by atoms with Gasteiger partial charge in [0, 0.05) is 11.0 Å². The molecule has 2 aliphatic rings. The van der Waals surface area contributed by atoms with Crippen LogP contribution in [0.3, 0.4) is 0 Å². The van der Waals surface area contributed by atoms with E-state index in [4.69, 9.17) is 26.2 Å². The van der Waals surface area contributed by atoms with Gasteiger partial charge in [0.05, 0.1) is 11.4 Å². The summed E-state index contributed by atoms with van der Waals surface area (Å²) < 4.78 is 10.9. The van der Waals surface area contributed by atoms with Crippen LogP contribution in [0.15, 0.2) is 6.07 Å². The summed E-state index contributed by atoms with van der Waals surface area (Å²) in [4.78, 5) is 11.1. The monoisotopic (exact) mass is 282 g/mol. The number of ether oxygens (including phenoxy) is 2. The van der Waals surface area contributed by atoms with E-state index in [1.807, 2.05) is 13.0 Å². The van der Waals surface area contributed by atoms with Crippen molar-refractivity contribution < 1.29 is 19.4 Å². The first-order chi connectivity index (χ1) is 9.07. The van der Waals surface area contributed by atoms with Crippen LogP contribution in [-0.4, -0.2) is 17.9 Å². The number of carboxylic acid groups (broad SMARTS) is 1. The van der Waals surface area contributed by atoms with E-state index in [0.717, 1.165) is 30.4 Å². The molecule has 0 bridgehead atoms. The molecule has 0 unspecified atom stereocenters. The largest absolute Gasteiger partial charge is 0.481 e. The van der Waals surface area contributed by atoms with Crippen LogP contribution < -0.4 is 9.47 Å². The number of halogens is 1. The molecule has 0 spiro atoms. The number of hydrogen-bond acceptors (Lipinski definition) is 3. The van der Waals surface area contributed by atoms with Gasteiger partial charge in [-0.15, -0.1) is 0 Å². The van der Waals surface area contributed by atoms with Gasteiger partial charge in [-0.3, -0.25) is 4.79 Å². The molecule has 3 rings (SSSR count). The summed E-state index contributed by atoms with van der Waals surface area (Å²) in [5, 5.41) is 9.60. The van der Waals surface area contributed by atoms with Crippen molar-refractivity contribution in [3.63, 3.8) is 0 Å². The predicted octanol–water partition coefficient (Wildman–Crippen LogP) is 3.14. The third-order valence-corrected chi connectivity index (χ3v) is 4.25. The van der Waals surface area contributed by atoms with Crippen LogP contribution in [-0.2, 0) is 16.6 Å². The van der Waals surface area contributed by atoms with Crippen LogP contribution in [0.1, 0.15) is 37.3 Å². The third kappa shape index (κ3) is 1.94. The lowest BCUT2D eigenvalue weighted by molar-refractivity contribution is -0.137. The number of fused-ring (bicyclic) bond motifs is 1. The second-order valence-corrected chi connectivity index (χ2v) is 5.56. The molecule has 0 amide bonds. The predicted molar refractivity (Wildman–Crippen MR) is 70.1 cm³/mol. The molecule has 1 N–H and O–H groups in total. The first-order valence-corrected chi connectivity index (χ1v) is 6.78. The second-order valence-electron chi connectivity index (χ2n) is 5.15. The van der Waals surface area contributed by atoms with Crippen molar-refractivity contribution in [2.75, 3.05) is 6.79 Å². The summed E-state index contributed by atoms with van der Waals surface area (Å²) >= 11 is 6.22.